The number of rotatable bonds is 3. The van der Waals surface area contributed by atoms with E-state index in [0.29, 0.717) is 19.4 Å². The summed E-state index contributed by atoms with van der Waals surface area (Å²) in [7, 11) is 0. The van der Waals surface area contributed by atoms with E-state index in [4.69, 9.17) is 5.11 Å². The third-order valence-electron chi connectivity index (χ3n) is 3.46. The van der Waals surface area contributed by atoms with Crippen molar-refractivity contribution >= 4 is 33.5 Å². The van der Waals surface area contributed by atoms with Crippen LogP contribution in [0.25, 0.3) is 0 Å². The Morgan fingerprint density at radius 3 is 2.76 bits per heavy atom. The number of halogens is 1. The molecule has 1 aliphatic rings. The number of carbonyl (C=O) groups excluding carboxylic acids is 1. The van der Waals surface area contributed by atoms with Gasteiger partial charge < -0.3 is 10.0 Å². The molecule has 0 spiro atoms. The average Bonchev–Trinajstić information content (AvgIpc) is 2.46. The minimum absolute atomic E-state index is 0.123. The van der Waals surface area contributed by atoms with Crippen LogP contribution >= 0.6 is 15.9 Å². The predicted octanol–water partition coefficient (Wildman–Crippen LogP) is 2.29. The van der Waals surface area contributed by atoms with Gasteiger partial charge in [0.05, 0.1) is 16.4 Å². The minimum atomic E-state index is -0.925. The van der Waals surface area contributed by atoms with E-state index in [9.17, 15) is 19.7 Å². The number of nitro groups is 1. The molecule has 21 heavy (non-hydrogen) atoms. The standard InChI is InChI=1S/C13H13BrN2O5/c14-11-9(4-1-5-10(11)16(20)21)12(17)15-6-2-3-8(7-15)13(18)19/h1,4-5,8H,2-3,6-7H2,(H,18,19)/t8-/m1/s1. The maximum atomic E-state index is 12.4. The van der Waals surface area contributed by atoms with Gasteiger partial charge in [-0.2, -0.15) is 0 Å². The lowest BCUT2D eigenvalue weighted by molar-refractivity contribution is -0.385. The van der Waals surface area contributed by atoms with E-state index in [1.165, 1.54) is 23.1 Å². The second kappa shape index (κ2) is 6.21. The van der Waals surface area contributed by atoms with Crippen molar-refractivity contribution in [1.29, 1.82) is 0 Å². The van der Waals surface area contributed by atoms with Gasteiger partial charge in [0.15, 0.2) is 0 Å². The van der Waals surface area contributed by atoms with Gasteiger partial charge in [-0.25, -0.2) is 0 Å². The van der Waals surface area contributed by atoms with Crippen LogP contribution in [0.15, 0.2) is 22.7 Å². The normalized spacial score (nSPS) is 18.3. The van der Waals surface area contributed by atoms with Crippen LogP contribution in [0.2, 0.25) is 0 Å². The number of carboxylic acid groups (broad SMARTS) is 1. The highest BCUT2D eigenvalue weighted by Gasteiger charge is 2.30. The number of carboxylic acids is 1. The largest absolute Gasteiger partial charge is 0.481 e. The van der Waals surface area contributed by atoms with Gasteiger partial charge in [0, 0.05) is 19.2 Å². The summed E-state index contributed by atoms with van der Waals surface area (Å²) in [6.45, 7) is 0.584. The fourth-order valence-electron chi connectivity index (χ4n) is 2.36. The van der Waals surface area contributed by atoms with Crippen LogP contribution in [0.4, 0.5) is 5.69 Å². The van der Waals surface area contributed by atoms with Gasteiger partial charge in [-0.05, 0) is 34.8 Å². The lowest BCUT2D eigenvalue weighted by atomic mass is 9.97. The summed E-state index contributed by atoms with van der Waals surface area (Å²) in [6.07, 6.45) is 1.14. The number of nitrogens with zero attached hydrogens (tertiary/aromatic N) is 2. The van der Waals surface area contributed by atoms with Crippen LogP contribution in [-0.4, -0.2) is 39.9 Å². The number of amides is 1. The Bertz CT molecular complexity index is 604. The summed E-state index contributed by atoms with van der Waals surface area (Å²) in [4.78, 5) is 35.2. The number of benzene rings is 1. The highest BCUT2D eigenvalue weighted by Crippen LogP contribution is 2.30. The second-order valence-electron chi connectivity index (χ2n) is 4.82. The molecular weight excluding hydrogens is 344 g/mol. The van der Waals surface area contributed by atoms with Crippen molar-refractivity contribution in [3.05, 3.63) is 38.3 Å². The molecule has 1 heterocycles. The first-order valence-electron chi connectivity index (χ1n) is 6.36. The molecule has 1 aliphatic heterocycles. The van der Waals surface area contributed by atoms with Crippen LogP contribution < -0.4 is 0 Å². The molecule has 1 aromatic carbocycles. The maximum absolute atomic E-state index is 12.4. The SMILES string of the molecule is O=C(O)[C@@H]1CCCN(C(=O)c2cccc([N+](=O)[O-])c2Br)C1. The lowest BCUT2D eigenvalue weighted by Crippen LogP contribution is -2.42. The molecule has 1 fully saturated rings. The number of nitro benzene ring substituents is 1. The van der Waals surface area contributed by atoms with Crippen molar-refractivity contribution < 1.29 is 19.6 Å². The van der Waals surface area contributed by atoms with Gasteiger partial charge in [0.25, 0.3) is 11.6 Å². The first-order valence-corrected chi connectivity index (χ1v) is 7.16. The zero-order valence-electron chi connectivity index (χ0n) is 11.0. The van der Waals surface area contributed by atoms with Crippen LogP contribution in [0, 0.1) is 16.0 Å². The Morgan fingerprint density at radius 2 is 2.14 bits per heavy atom. The maximum Gasteiger partial charge on any atom is 0.308 e. The highest BCUT2D eigenvalue weighted by molar-refractivity contribution is 9.10. The molecule has 1 atom stereocenters. The molecule has 8 heteroatoms. The summed E-state index contributed by atoms with van der Waals surface area (Å²) in [6, 6.07) is 4.23. The van der Waals surface area contributed by atoms with Crippen LogP contribution in [-0.2, 0) is 4.79 Å². The molecule has 0 aromatic heterocycles. The van der Waals surface area contributed by atoms with Crippen molar-refractivity contribution in [3.8, 4) is 0 Å². The van der Waals surface area contributed by atoms with Crippen molar-refractivity contribution in [3.63, 3.8) is 0 Å². The van der Waals surface area contributed by atoms with Gasteiger partial charge in [0.1, 0.15) is 4.47 Å². The summed E-state index contributed by atoms with van der Waals surface area (Å²) >= 11 is 3.09. The molecule has 1 aromatic rings. The number of aliphatic carboxylic acids is 1. The van der Waals surface area contributed by atoms with Gasteiger partial charge in [0.2, 0.25) is 0 Å². The van der Waals surface area contributed by atoms with Crippen molar-refractivity contribution in [2.24, 2.45) is 5.92 Å². The molecule has 1 amide bonds. The lowest BCUT2D eigenvalue weighted by Gasteiger charge is -2.30. The third kappa shape index (κ3) is 3.21. The molecule has 0 aliphatic carbocycles. The first-order chi connectivity index (χ1) is 9.91. The smallest absolute Gasteiger partial charge is 0.308 e. The molecule has 2 rings (SSSR count). The fraction of sp³-hybridized carbons (Fsp3) is 0.385. The average molecular weight is 357 g/mol. The molecule has 112 valence electrons. The Labute approximate surface area is 128 Å². The predicted molar refractivity (Wildman–Crippen MR) is 77.1 cm³/mol. The number of hydrogen-bond donors (Lipinski definition) is 1. The third-order valence-corrected chi connectivity index (χ3v) is 4.30. The topological polar surface area (TPSA) is 101 Å². The summed E-state index contributed by atoms with van der Waals surface area (Å²) in [5, 5.41) is 19.9. The Kier molecular flexibility index (Phi) is 4.56. The molecule has 0 bridgehead atoms. The number of carbonyl (C=O) groups is 2. The van der Waals surface area contributed by atoms with E-state index < -0.39 is 22.7 Å². The molecule has 0 saturated carbocycles. The first kappa shape index (κ1) is 15.4. The number of piperidine rings is 1. The molecular formula is C13H13BrN2O5. The van der Waals surface area contributed by atoms with E-state index in [-0.39, 0.29) is 22.3 Å². The van der Waals surface area contributed by atoms with Gasteiger partial charge in [-0.15, -0.1) is 0 Å². The van der Waals surface area contributed by atoms with Crippen molar-refractivity contribution in [2.75, 3.05) is 13.1 Å². The molecule has 7 nitrogen and oxygen atoms in total. The summed E-state index contributed by atoms with van der Waals surface area (Å²) in [5.41, 5.74) is -0.0112. The van der Waals surface area contributed by atoms with Crippen molar-refractivity contribution in [1.82, 2.24) is 4.90 Å². The summed E-state index contributed by atoms with van der Waals surface area (Å²) in [5.74, 6) is -1.90. The van der Waals surface area contributed by atoms with Crippen molar-refractivity contribution in [2.45, 2.75) is 12.8 Å². The Balaban J connectivity index is 2.26. The Morgan fingerprint density at radius 1 is 1.43 bits per heavy atom. The molecule has 1 saturated heterocycles. The van der Waals surface area contributed by atoms with E-state index >= 15 is 0 Å². The number of likely N-dealkylation sites (tertiary alicyclic amines) is 1. The molecule has 0 radical (unpaired) electrons. The van der Waals surface area contributed by atoms with Crippen LogP contribution in [0.3, 0.4) is 0 Å². The number of hydrogen-bond acceptors (Lipinski definition) is 4. The van der Waals surface area contributed by atoms with E-state index in [0.717, 1.165) is 0 Å². The minimum Gasteiger partial charge on any atom is -0.481 e. The van der Waals surface area contributed by atoms with Crippen LogP contribution in [0.5, 0.6) is 0 Å². The second-order valence-corrected chi connectivity index (χ2v) is 5.62. The molecule has 0 unspecified atom stereocenters. The zero-order chi connectivity index (χ0) is 15.6. The highest BCUT2D eigenvalue weighted by atomic mass is 79.9. The van der Waals surface area contributed by atoms with E-state index in [2.05, 4.69) is 15.9 Å². The van der Waals surface area contributed by atoms with E-state index in [1.54, 1.807) is 0 Å². The van der Waals surface area contributed by atoms with Crippen LogP contribution in [0.1, 0.15) is 23.2 Å². The molecule has 1 N–H and O–H groups in total. The fourth-order valence-corrected chi connectivity index (χ4v) is 2.94. The Hall–Kier alpha value is -1.96. The quantitative estimate of drug-likeness (QED) is 0.661. The van der Waals surface area contributed by atoms with E-state index in [1.807, 2.05) is 0 Å². The van der Waals surface area contributed by atoms with Gasteiger partial charge >= 0.3 is 5.97 Å². The zero-order valence-corrected chi connectivity index (χ0v) is 12.6. The summed E-state index contributed by atoms with van der Waals surface area (Å²) < 4.78 is 0.123. The van der Waals surface area contributed by atoms with Gasteiger partial charge in [-0.3, -0.25) is 19.7 Å². The van der Waals surface area contributed by atoms with Gasteiger partial charge in [-0.1, -0.05) is 6.07 Å². The monoisotopic (exact) mass is 356 g/mol.